The molecule has 2 nitrogen and oxygen atoms in total. The third-order valence-corrected chi connectivity index (χ3v) is 5.69. The van der Waals surface area contributed by atoms with Gasteiger partial charge in [-0.1, -0.05) is 39.0 Å². The van der Waals surface area contributed by atoms with Crippen LogP contribution in [0.5, 0.6) is 5.75 Å². The first kappa shape index (κ1) is 14.9. The van der Waals surface area contributed by atoms with Gasteiger partial charge in [0, 0.05) is 0 Å². The molecule has 1 fully saturated rings. The minimum atomic E-state index is -0.509. The second-order valence-electron chi connectivity index (χ2n) is 7.95. The molecule has 0 saturated heterocycles. The fraction of sp³-hybridized carbons (Fsp3) is 0.684. The molecule has 0 amide bonds. The Morgan fingerprint density at radius 1 is 1.24 bits per heavy atom. The van der Waals surface area contributed by atoms with Gasteiger partial charge in [-0.25, -0.2) is 0 Å². The van der Waals surface area contributed by atoms with Crippen LogP contribution in [0.1, 0.15) is 64.4 Å². The molecule has 1 saturated carbocycles. The van der Waals surface area contributed by atoms with Crippen LogP contribution in [0.2, 0.25) is 0 Å². The number of rotatable bonds is 2. The van der Waals surface area contributed by atoms with E-state index in [1.165, 1.54) is 5.56 Å². The van der Waals surface area contributed by atoms with Gasteiger partial charge in [0.1, 0.15) is 5.75 Å². The van der Waals surface area contributed by atoms with Crippen molar-refractivity contribution in [2.45, 2.75) is 64.4 Å². The molecular weight excluding hydrogens is 260 g/mol. The summed E-state index contributed by atoms with van der Waals surface area (Å²) >= 11 is 0. The van der Waals surface area contributed by atoms with Crippen molar-refractivity contribution in [2.75, 3.05) is 6.61 Å². The zero-order valence-electron chi connectivity index (χ0n) is 13.6. The summed E-state index contributed by atoms with van der Waals surface area (Å²) in [6, 6.07) is 8.33. The smallest absolute Gasteiger partial charge is 0.122 e. The first-order chi connectivity index (χ1) is 9.90. The molecule has 21 heavy (non-hydrogen) atoms. The number of para-hydroxylation sites is 1. The van der Waals surface area contributed by atoms with Gasteiger partial charge >= 0.3 is 0 Å². The van der Waals surface area contributed by atoms with Gasteiger partial charge in [-0.3, -0.25) is 0 Å². The highest BCUT2D eigenvalue weighted by Crippen LogP contribution is 2.49. The normalized spacial score (nSPS) is 34.9. The molecule has 0 bridgehead atoms. The lowest BCUT2D eigenvalue weighted by Crippen LogP contribution is -2.45. The van der Waals surface area contributed by atoms with Gasteiger partial charge in [0.15, 0.2) is 0 Å². The van der Waals surface area contributed by atoms with E-state index < -0.39 is 5.60 Å². The first-order valence-electron chi connectivity index (χ1n) is 8.34. The standard InChI is InChI=1S/C19H28O2/c1-14-12-18(2,3)9-10-19(14,20)13-15-8-11-21-17-7-5-4-6-16(15)17/h4-7,14-15,20H,8-13H2,1-3H3. The minimum absolute atomic E-state index is 0.372. The molecule has 1 aliphatic carbocycles. The molecule has 1 heterocycles. The number of hydrogen-bond donors (Lipinski definition) is 1. The van der Waals surface area contributed by atoms with Crippen LogP contribution in [-0.4, -0.2) is 17.3 Å². The maximum absolute atomic E-state index is 11.2. The summed E-state index contributed by atoms with van der Waals surface area (Å²) in [7, 11) is 0. The highest BCUT2D eigenvalue weighted by Gasteiger charge is 2.44. The van der Waals surface area contributed by atoms with Gasteiger partial charge < -0.3 is 9.84 Å². The van der Waals surface area contributed by atoms with Crippen molar-refractivity contribution in [3.05, 3.63) is 29.8 Å². The third kappa shape index (κ3) is 2.96. The average Bonchev–Trinajstić information content (AvgIpc) is 2.44. The van der Waals surface area contributed by atoms with Crippen molar-refractivity contribution < 1.29 is 9.84 Å². The Bertz CT molecular complexity index is 508. The highest BCUT2D eigenvalue weighted by atomic mass is 16.5. The second kappa shape index (κ2) is 5.31. The topological polar surface area (TPSA) is 29.5 Å². The maximum atomic E-state index is 11.2. The summed E-state index contributed by atoms with van der Waals surface area (Å²) in [4.78, 5) is 0. The van der Waals surface area contributed by atoms with Crippen molar-refractivity contribution in [1.29, 1.82) is 0 Å². The van der Waals surface area contributed by atoms with Crippen molar-refractivity contribution in [3.8, 4) is 5.75 Å². The Balaban J connectivity index is 1.78. The van der Waals surface area contributed by atoms with Crippen LogP contribution in [0.4, 0.5) is 0 Å². The highest BCUT2D eigenvalue weighted by molar-refractivity contribution is 5.38. The molecule has 0 radical (unpaired) electrons. The Hall–Kier alpha value is -1.02. The third-order valence-electron chi connectivity index (χ3n) is 5.69. The summed E-state index contributed by atoms with van der Waals surface area (Å²) < 4.78 is 5.75. The monoisotopic (exact) mass is 288 g/mol. The first-order valence-corrected chi connectivity index (χ1v) is 8.34. The van der Waals surface area contributed by atoms with E-state index in [1.54, 1.807) is 0 Å². The van der Waals surface area contributed by atoms with E-state index in [2.05, 4.69) is 39.0 Å². The molecule has 116 valence electrons. The van der Waals surface area contributed by atoms with E-state index >= 15 is 0 Å². The molecule has 3 rings (SSSR count). The lowest BCUT2D eigenvalue weighted by atomic mass is 9.62. The summed E-state index contributed by atoms with van der Waals surface area (Å²) in [6.45, 7) is 7.66. The lowest BCUT2D eigenvalue weighted by Gasteiger charge is -2.47. The number of hydrogen-bond acceptors (Lipinski definition) is 2. The second-order valence-corrected chi connectivity index (χ2v) is 7.95. The van der Waals surface area contributed by atoms with E-state index in [4.69, 9.17) is 4.74 Å². The number of aliphatic hydroxyl groups is 1. The van der Waals surface area contributed by atoms with Gasteiger partial charge in [-0.15, -0.1) is 0 Å². The van der Waals surface area contributed by atoms with Crippen LogP contribution in [0.15, 0.2) is 24.3 Å². The van der Waals surface area contributed by atoms with E-state index in [1.807, 2.05) is 6.07 Å². The summed E-state index contributed by atoms with van der Waals surface area (Å²) in [5.74, 6) is 1.82. The summed E-state index contributed by atoms with van der Waals surface area (Å²) in [5, 5.41) is 11.2. The maximum Gasteiger partial charge on any atom is 0.122 e. The zero-order chi connectivity index (χ0) is 15.1. The van der Waals surface area contributed by atoms with Crippen LogP contribution >= 0.6 is 0 Å². The quantitative estimate of drug-likeness (QED) is 0.867. The Kier molecular flexibility index (Phi) is 3.77. The van der Waals surface area contributed by atoms with E-state index in [-0.39, 0.29) is 0 Å². The molecular formula is C19H28O2. The molecule has 2 heteroatoms. The predicted octanol–water partition coefficient (Wildman–Crippen LogP) is 4.52. The summed E-state index contributed by atoms with van der Waals surface area (Å²) in [6.07, 6.45) is 5.08. The van der Waals surface area contributed by atoms with E-state index in [0.29, 0.717) is 17.3 Å². The predicted molar refractivity (Wildman–Crippen MR) is 85.7 cm³/mol. The molecule has 1 aromatic carbocycles. The number of ether oxygens (including phenoxy) is 1. The fourth-order valence-electron chi connectivity index (χ4n) is 4.28. The van der Waals surface area contributed by atoms with Gasteiger partial charge in [-0.05, 0) is 61.0 Å². The van der Waals surface area contributed by atoms with Crippen molar-refractivity contribution in [3.63, 3.8) is 0 Å². The SMILES string of the molecule is CC1CC(C)(C)CCC1(O)CC1CCOc2ccccc21. The molecule has 3 unspecified atom stereocenters. The van der Waals surface area contributed by atoms with Gasteiger partial charge in [0.2, 0.25) is 0 Å². The van der Waals surface area contributed by atoms with E-state index in [9.17, 15) is 5.11 Å². The average molecular weight is 288 g/mol. The lowest BCUT2D eigenvalue weighted by molar-refractivity contribution is -0.0824. The minimum Gasteiger partial charge on any atom is -0.493 e. The van der Waals surface area contributed by atoms with Gasteiger partial charge in [0.25, 0.3) is 0 Å². The number of benzene rings is 1. The molecule has 3 atom stereocenters. The van der Waals surface area contributed by atoms with Crippen LogP contribution in [0.3, 0.4) is 0 Å². The van der Waals surface area contributed by atoms with Crippen LogP contribution in [-0.2, 0) is 0 Å². The molecule has 1 aliphatic heterocycles. The van der Waals surface area contributed by atoms with Crippen molar-refractivity contribution in [2.24, 2.45) is 11.3 Å². The van der Waals surface area contributed by atoms with Crippen molar-refractivity contribution >= 4 is 0 Å². The van der Waals surface area contributed by atoms with E-state index in [0.717, 1.165) is 44.5 Å². The molecule has 0 aromatic heterocycles. The van der Waals surface area contributed by atoms with Crippen LogP contribution in [0, 0.1) is 11.3 Å². The van der Waals surface area contributed by atoms with Gasteiger partial charge in [-0.2, -0.15) is 0 Å². The fourth-order valence-corrected chi connectivity index (χ4v) is 4.28. The largest absolute Gasteiger partial charge is 0.493 e. The Labute approximate surface area is 128 Å². The van der Waals surface area contributed by atoms with Crippen molar-refractivity contribution in [1.82, 2.24) is 0 Å². The Morgan fingerprint density at radius 3 is 2.76 bits per heavy atom. The zero-order valence-corrected chi connectivity index (χ0v) is 13.6. The van der Waals surface area contributed by atoms with Gasteiger partial charge in [0.05, 0.1) is 12.2 Å². The molecule has 2 aliphatic rings. The molecule has 0 spiro atoms. The van der Waals surface area contributed by atoms with Crippen LogP contribution in [0.25, 0.3) is 0 Å². The summed E-state index contributed by atoms with van der Waals surface area (Å²) in [5.41, 5.74) is 1.15. The molecule has 1 aromatic rings. The Morgan fingerprint density at radius 2 is 2.00 bits per heavy atom. The number of fused-ring (bicyclic) bond motifs is 1. The van der Waals surface area contributed by atoms with Crippen LogP contribution < -0.4 is 4.74 Å². The molecule has 1 N–H and O–H groups in total.